The van der Waals surface area contributed by atoms with Gasteiger partial charge in [-0.05, 0) is 66.6 Å². The van der Waals surface area contributed by atoms with Crippen molar-refractivity contribution >= 4 is 25.8 Å². The summed E-state index contributed by atoms with van der Waals surface area (Å²) in [6.45, 7) is 6.09. The molecule has 0 aliphatic carbocycles. The summed E-state index contributed by atoms with van der Waals surface area (Å²) in [5.74, 6) is -3.55. The lowest BCUT2D eigenvalue weighted by Crippen LogP contribution is -2.52. The van der Waals surface area contributed by atoms with Gasteiger partial charge in [0.15, 0.2) is 9.84 Å². The second-order valence-corrected chi connectivity index (χ2v) is 16.0. The molecule has 264 valence electrons. The summed E-state index contributed by atoms with van der Waals surface area (Å²) in [6, 6.07) is 15.3. The number of esters is 1. The lowest BCUT2D eigenvalue weighted by Gasteiger charge is -2.28. The van der Waals surface area contributed by atoms with Crippen molar-refractivity contribution in [2.45, 2.75) is 94.2 Å². The van der Waals surface area contributed by atoms with E-state index in [1.54, 1.807) is 6.07 Å². The van der Waals surface area contributed by atoms with Crippen LogP contribution in [0.3, 0.4) is 0 Å². The van der Waals surface area contributed by atoms with Crippen molar-refractivity contribution in [3.05, 3.63) is 101 Å². The average Bonchev–Trinajstić information content (AvgIpc) is 3.03. The first-order chi connectivity index (χ1) is 22.8. The monoisotopic (exact) mass is 707 g/mol. The van der Waals surface area contributed by atoms with E-state index in [1.807, 2.05) is 45.0 Å². The van der Waals surface area contributed by atoms with Crippen molar-refractivity contribution in [3.63, 3.8) is 0 Å². The molecule has 0 saturated heterocycles. The average molecular weight is 708 g/mol. The van der Waals surface area contributed by atoms with Crippen LogP contribution in [0.2, 0.25) is 0 Å². The first kappa shape index (κ1) is 39.2. The summed E-state index contributed by atoms with van der Waals surface area (Å²) in [4.78, 5) is 13.7. The van der Waals surface area contributed by atoms with E-state index in [9.17, 15) is 30.4 Å². The van der Waals surface area contributed by atoms with Crippen LogP contribution in [0.25, 0.3) is 0 Å². The lowest BCUT2D eigenvalue weighted by atomic mass is 10.0. The number of carbonyl (C=O) groups is 1. The van der Waals surface area contributed by atoms with Gasteiger partial charge in [0.05, 0.1) is 15.9 Å². The second-order valence-electron chi connectivity index (χ2n) is 11.9. The lowest BCUT2D eigenvalue weighted by molar-refractivity contribution is -0.151. The number of nitrogens with one attached hydrogen (secondary N) is 2. The summed E-state index contributed by atoms with van der Waals surface area (Å²) in [5.41, 5.74) is 8.78. The number of hydrogen-bond donors (Lipinski definition) is 3. The molecule has 3 aromatic rings. The van der Waals surface area contributed by atoms with Crippen LogP contribution in [0, 0.1) is 11.6 Å². The summed E-state index contributed by atoms with van der Waals surface area (Å²) < 4.78 is 89.9. The second kappa shape index (κ2) is 18.5. The third-order valence-corrected chi connectivity index (χ3v) is 11.7. The van der Waals surface area contributed by atoms with Crippen molar-refractivity contribution in [2.24, 2.45) is 5.73 Å². The Labute approximate surface area is 283 Å². The van der Waals surface area contributed by atoms with E-state index in [0.29, 0.717) is 32.2 Å². The van der Waals surface area contributed by atoms with Gasteiger partial charge in [-0.3, -0.25) is 4.79 Å². The Bertz CT molecular complexity index is 1670. The van der Waals surface area contributed by atoms with E-state index in [2.05, 4.69) is 10.0 Å². The fourth-order valence-corrected chi connectivity index (χ4v) is 8.94. The summed E-state index contributed by atoms with van der Waals surface area (Å²) in [7, 11) is -8.32. The van der Waals surface area contributed by atoms with Crippen molar-refractivity contribution in [1.82, 2.24) is 10.0 Å². The molecule has 48 heavy (non-hydrogen) atoms. The molecule has 0 bridgehead atoms. The van der Waals surface area contributed by atoms with Crippen LogP contribution >= 0.6 is 0 Å². The highest BCUT2D eigenvalue weighted by Gasteiger charge is 2.37. The Morgan fingerprint density at radius 3 is 2.06 bits per heavy atom. The highest BCUT2D eigenvalue weighted by molar-refractivity contribution is 7.92. The molecule has 3 rings (SSSR count). The minimum absolute atomic E-state index is 0.0136. The van der Waals surface area contributed by atoms with Crippen LogP contribution in [0.4, 0.5) is 8.78 Å². The maximum atomic E-state index is 14.0. The third-order valence-electron chi connectivity index (χ3n) is 7.98. The third kappa shape index (κ3) is 12.0. The van der Waals surface area contributed by atoms with Crippen LogP contribution in [-0.2, 0) is 48.8 Å². The molecule has 0 unspecified atom stereocenters. The van der Waals surface area contributed by atoms with E-state index < -0.39 is 66.7 Å². The van der Waals surface area contributed by atoms with E-state index in [-0.39, 0.29) is 23.4 Å². The fraction of sp³-hybridized carbons (Fsp3) is 0.457. The Morgan fingerprint density at radius 1 is 0.833 bits per heavy atom. The number of aryl methyl sites for hydroxylation is 1. The zero-order valence-electron chi connectivity index (χ0n) is 27.7. The SMILES string of the molecule is CCCC(CCC)S(=O)(=O)C[C@H](NS(=O)(=O)c1ccccc1)C(=O)O[C@H](CNCc1cccc(CC)c1)[C@@H](N)Cc1cc(F)cc(F)c1. The smallest absolute Gasteiger partial charge is 0.325 e. The standard InChI is InChI=1S/C35H47F2N3O6S2/c1-4-11-30(12-5-2)47(42,43)24-33(40-48(44,45)31-15-8-7-9-16-31)35(41)46-34(23-39-22-26-14-10-13-25(6-3)17-26)32(38)20-27-18-28(36)21-29(37)19-27/h7-10,13-19,21,30,32-34,39-40H,4-6,11-12,20,22-24,38H2,1-3H3/t32-,33-,34+/m0/s1. The Morgan fingerprint density at radius 2 is 1.46 bits per heavy atom. The van der Waals surface area contributed by atoms with Gasteiger partial charge < -0.3 is 15.8 Å². The number of rotatable bonds is 20. The van der Waals surface area contributed by atoms with Crippen LogP contribution in [0.1, 0.15) is 63.1 Å². The van der Waals surface area contributed by atoms with Crippen molar-refractivity contribution in [1.29, 1.82) is 0 Å². The molecule has 4 N–H and O–H groups in total. The van der Waals surface area contributed by atoms with Gasteiger partial charge in [-0.1, -0.05) is 76.1 Å². The maximum absolute atomic E-state index is 14.0. The van der Waals surface area contributed by atoms with Gasteiger partial charge in [-0.25, -0.2) is 25.6 Å². The van der Waals surface area contributed by atoms with Crippen LogP contribution in [0.15, 0.2) is 77.7 Å². The first-order valence-corrected chi connectivity index (χ1v) is 19.5. The summed E-state index contributed by atoms with van der Waals surface area (Å²) >= 11 is 0. The Balaban J connectivity index is 1.92. The first-order valence-electron chi connectivity index (χ1n) is 16.3. The Kier molecular flexibility index (Phi) is 15.1. The summed E-state index contributed by atoms with van der Waals surface area (Å²) in [6.07, 6.45) is 1.48. The van der Waals surface area contributed by atoms with Gasteiger partial charge in [-0.2, -0.15) is 4.72 Å². The molecule has 3 aromatic carbocycles. The van der Waals surface area contributed by atoms with Gasteiger partial charge in [0.25, 0.3) is 0 Å². The Hall–Kier alpha value is -3.23. The molecule has 0 aliphatic heterocycles. The van der Waals surface area contributed by atoms with E-state index in [0.717, 1.165) is 35.7 Å². The highest BCUT2D eigenvalue weighted by atomic mass is 32.2. The maximum Gasteiger partial charge on any atom is 0.325 e. The quantitative estimate of drug-likeness (QED) is 0.142. The zero-order valence-corrected chi connectivity index (χ0v) is 29.3. The molecule has 0 radical (unpaired) electrons. The van der Waals surface area contributed by atoms with Crippen molar-refractivity contribution in [2.75, 3.05) is 12.3 Å². The summed E-state index contributed by atoms with van der Waals surface area (Å²) in [5, 5.41) is 2.43. The number of nitrogens with two attached hydrogens (primary N) is 1. The number of halogens is 2. The largest absolute Gasteiger partial charge is 0.458 e. The number of hydrogen-bond acceptors (Lipinski definition) is 8. The topological polar surface area (TPSA) is 145 Å². The molecule has 0 heterocycles. The minimum Gasteiger partial charge on any atom is -0.458 e. The van der Waals surface area contributed by atoms with Gasteiger partial charge >= 0.3 is 5.97 Å². The van der Waals surface area contributed by atoms with Crippen molar-refractivity contribution in [3.8, 4) is 0 Å². The van der Waals surface area contributed by atoms with Gasteiger partial charge in [0.1, 0.15) is 23.8 Å². The predicted molar refractivity (Wildman–Crippen MR) is 183 cm³/mol. The van der Waals surface area contributed by atoms with Crippen molar-refractivity contribution < 1.29 is 35.1 Å². The number of carbonyl (C=O) groups excluding carboxylic acids is 1. The van der Waals surface area contributed by atoms with Gasteiger partial charge in [0.2, 0.25) is 10.0 Å². The fourth-order valence-electron chi connectivity index (χ4n) is 5.48. The van der Waals surface area contributed by atoms with E-state index >= 15 is 0 Å². The predicted octanol–water partition coefficient (Wildman–Crippen LogP) is 4.83. The highest BCUT2D eigenvalue weighted by Crippen LogP contribution is 2.19. The number of sulfone groups is 1. The molecule has 0 fully saturated rings. The number of ether oxygens (including phenoxy) is 1. The molecular weight excluding hydrogens is 661 g/mol. The van der Waals surface area contributed by atoms with E-state index in [4.69, 9.17) is 10.5 Å². The van der Waals surface area contributed by atoms with Gasteiger partial charge in [0, 0.05) is 25.2 Å². The molecule has 0 saturated carbocycles. The van der Waals surface area contributed by atoms with E-state index in [1.165, 1.54) is 24.3 Å². The van der Waals surface area contributed by atoms with Gasteiger partial charge in [-0.15, -0.1) is 0 Å². The number of sulfonamides is 1. The normalized spacial score (nSPS) is 14.1. The zero-order chi connectivity index (χ0) is 35.3. The van der Waals surface area contributed by atoms with Crippen LogP contribution in [-0.4, -0.2) is 58.5 Å². The molecule has 0 aromatic heterocycles. The molecule has 13 heteroatoms. The molecule has 0 amide bonds. The number of benzene rings is 3. The minimum atomic E-state index is -4.35. The molecular formula is C35H47F2N3O6S2. The van der Waals surface area contributed by atoms with Crippen LogP contribution < -0.4 is 15.8 Å². The molecule has 0 aliphatic rings. The molecule has 3 atom stereocenters. The molecule has 0 spiro atoms. The molecule has 9 nitrogen and oxygen atoms in total. The van der Waals surface area contributed by atoms with Crippen LogP contribution in [0.5, 0.6) is 0 Å².